The van der Waals surface area contributed by atoms with Gasteiger partial charge in [-0.3, -0.25) is 0 Å². The van der Waals surface area contributed by atoms with Crippen molar-refractivity contribution in [3.05, 3.63) is 12.3 Å². The predicted octanol–water partition coefficient (Wildman–Crippen LogP) is 3.09. The van der Waals surface area contributed by atoms with Crippen LogP contribution in [-0.2, 0) is 9.47 Å². The second-order valence-corrected chi connectivity index (χ2v) is 3.72. The molecule has 1 fully saturated rings. The third-order valence-corrected chi connectivity index (χ3v) is 2.57. The monoisotopic (exact) mass is 184 g/mol. The van der Waals surface area contributed by atoms with E-state index in [1.165, 1.54) is 19.3 Å². The van der Waals surface area contributed by atoms with Crippen molar-refractivity contribution in [3.63, 3.8) is 0 Å². The highest BCUT2D eigenvalue weighted by Gasteiger charge is 2.17. The van der Waals surface area contributed by atoms with Gasteiger partial charge in [0.2, 0.25) is 0 Å². The molecule has 2 nitrogen and oxygen atoms in total. The maximum Gasteiger partial charge on any atom is 0.188 e. The van der Waals surface area contributed by atoms with Crippen LogP contribution in [0.3, 0.4) is 0 Å². The molecule has 1 unspecified atom stereocenters. The first-order chi connectivity index (χ1) is 6.33. The summed E-state index contributed by atoms with van der Waals surface area (Å²) in [5, 5.41) is 0. The highest BCUT2D eigenvalue weighted by atomic mass is 16.7. The lowest BCUT2D eigenvalue weighted by atomic mass is 9.96. The molecule has 0 aromatic carbocycles. The normalized spacial score (nSPS) is 20.2. The summed E-state index contributed by atoms with van der Waals surface area (Å²) in [6, 6.07) is 0. The Hall–Kier alpha value is -0.500. The summed E-state index contributed by atoms with van der Waals surface area (Å²) in [6.45, 7) is 4.75. The van der Waals surface area contributed by atoms with Gasteiger partial charge in [0.1, 0.15) is 0 Å². The fourth-order valence-electron chi connectivity index (χ4n) is 1.04. The molecule has 2 heteroatoms. The molecule has 0 spiro atoms. The first-order valence-electron chi connectivity index (χ1n) is 5.22. The van der Waals surface area contributed by atoms with Gasteiger partial charge in [-0.2, -0.15) is 0 Å². The maximum absolute atomic E-state index is 5.42. The molecular weight excluding hydrogens is 164 g/mol. The molecule has 0 radical (unpaired) electrons. The van der Waals surface area contributed by atoms with Crippen LogP contribution in [0.25, 0.3) is 0 Å². The summed E-state index contributed by atoms with van der Waals surface area (Å²) in [7, 11) is 0. The summed E-state index contributed by atoms with van der Waals surface area (Å²) in [5.41, 5.74) is 0. The van der Waals surface area contributed by atoms with Gasteiger partial charge in [-0.15, -0.1) is 0 Å². The summed E-state index contributed by atoms with van der Waals surface area (Å²) >= 11 is 0. The zero-order valence-corrected chi connectivity index (χ0v) is 8.66. The molecule has 1 rings (SSSR count). The van der Waals surface area contributed by atoms with E-state index in [2.05, 4.69) is 19.9 Å². The van der Waals surface area contributed by atoms with Crippen LogP contribution in [0, 0.1) is 5.92 Å². The van der Waals surface area contributed by atoms with Crippen LogP contribution in [0.15, 0.2) is 12.3 Å². The molecule has 0 N–H and O–H groups in total. The van der Waals surface area contributed by atoms with E-state index in [-0.39, 0.29) is 0 Å². The molecule has 1 aliphatic carbocycles. The van der Waals surface area contributed by atoms with E-state index in [4.69, 9.17) is 9.47 Å². The molecule has 13 heavy (non-hydrogen) atoms. The summed E-state index contributed by atoms with van der Waals surface area (Å²) in [6.07, 6.45) is 9.18. The number of rotatable bonds is 6. The van der Waals surface area contributed by atoms with Crippen molar-refractivity contribution in [2.75, 3.05) is 6.79 Å². The predicted molar refractivity (Wildman–Crippen MR) is 53.3 cm³/mol. The Bertz CT molecular complexity index is 150. The maximum atomic E-state index is 5.42. The molecule has 1 atom stereocenters. The van der Waals surface area contributed by atoms with Gasteiger partial charge < -0.3 is 9.47 Å². The third kappa shape index (κ3) is 4.32. The number of allylic oxidation sites excluding steroid dienone is 1. The van der Waals surface area contributed by atoms with Crippen LogP contribution in [-0.4, -0.2) is 12.9 Å². The largest absolute Gasteiger partial charge is 0.475 e. The van der Waals surface area contributed by atoms with Gasteiger partial charge in [-0.05, 0) is 37.7 Å². The minimum Gasteiger partial charge on any atom is -0.475 e. The summed E-state index contributed by atoms with van der Waals surface area (Å²) < 4.78 is 10.6. The van der Waals surface area contributed by atoms with E-state index in [1.807, 2.05) is 0 Å². The van der Waals surface area contributed by atoms with Crippen molar-refractivity contribution in [1.29, 1.82) is 0 Å². The number of hydrogen-bond donors (Lipinski definition) is 0. The quantitative estimate of drug-likeness (QED) is 0.359. The average Bonchev–Trinajstić information content (AvgIpc) is 2.07. The Morgan fingerprint density at radius 2 is 2.23 bits per heavy atom. The molecule has 1 saturated carbocycles. The number of ether oxygens (including phenoxy) is 2. The number of hydrogen-bond acceptors (Lipinski definition) is 2. The molecule has 0 aromatic rings. The van der Waals surface area contributed by atoms with Crippen molar-refractivity contribution in [2.45, 2.75) is 45.6 Å². The molecule has 0 aromatic heterocycles. The molecule has 0 aliphatic heterocycles. The van der Waals surface area contributed by atoms with Crippen molar-refractivity contribution < 1.29 is 9.47 Å². The third-order valence-electron chi connectivity index (χ3n) is 2.57. The first-order valence-corrected chi connectivity index (χ1v) is 5.22. The highest BCUT2D eigenvalue weighted by Crippen LogP contribution is 2.21. The van der Waals surface area contributed by atoms with E-state index < -0.39 is 0 Å². The van der Waals surface area contributed by atoms with E-state index in [0.29, 0.717) is 18.8 Å². The van der Waals surface area contributed by atoms with E-state index in [0.717, 1.165) is 6.42 Å². The van der Waals surface area contributed by atoms with Crippen LogP contribution in [0.4, 0.5) is 0 Å². The van der Waals surface area contributed by atoms with Crippen LogP contribution in [0.2, 0.25) is 0 Å². The van der Waals surface area contributed by atoms with Gasteiger partial charge in [0, 0.05) is 0 Å². The van der Waals surface area contributed by atoms with Gasteiger partial charge >= 0.3 is 0 Å². The second kappa shape index (κ2) is 6.03. The molecule has 0 bridgehead atoms. The molecule has 0 saturated heterocycles. The molecule has 0 heterocycles. The van der Waals surface area contributed by atoms with Crippen molar-refractivity contribution >= 4 is 0 Å². The summed E-state index contributed by atoms with van der Waals surface area (Å²) in [5.74, 6) is 0.601. The van der Waals surface area contributed by atoms with E-state index in [9.17, 15) is 0 Å². The molecular formula is C11H20O2. The lowest BCUT2D eigenvalue weighted by Gasteiger charge is -2.24. The Labute approximate surface area is 80.9 Å². The van der Waals surface area contributed by atoms with E-state index >= 15 is 0 Å². The van der Waals surface area contributed by atoms with Crippen molar-refractivity contribution in [1.82, 2.24) is 0 Å². The Morgan fingerprint density at radius 3 is 2.77 bits per heavy atom. The highest BCUT2D eigenvalue weighted by molar-refractivity contribution is 4.78. The topological polar surface area (TPSA) is 18.5 Å². The van der Waals surface area contributed by atoms with Gasteiger partial charge in [0.15, 0.2) is 6.79 Å². The molecule has 0 amide bonds. The standard InChI is InChI=1S/C11H20O2/c1-3-10(2)7-8-12-9-13-11-5-4-6-11/h7-8,10-11H,3-6,9H2,1-2H3. The van der Waals surface area contributed by atoms with Gasteiger partial charge in [0.25, 0.3) is 0 Å². The van der Waals surface area contributed by atoms with Gasteiger partial charge in [-0.1, -0.05) is 13.8 Å². The second-order valence-electron chi connectivity index (χ2n) is 3.72. The first kappa shape index (κ1) is 10.6. The van der Waals surface area contributed by atoms with Crippen LogP contribution in [0.5, 0.6) is 0 Å². The van der Waals surface area contributed by atoms with Crippen molar-refractivity contribution in [3.8, 4) is 0 Å². The Morgan fingerprint density at radius 1 is 1.46 bits per heavy atom. The average molecular weight is 184 g/mol. The van der Waals surface area contributed by atoms with E-state index in [1.54, 1.807) is 6.26 Å². The van der Waals surface area contributed by atoms with Crippen LogP contribution in [0.1, 0.15) is 39.5 Å². The lowest BCUT2D eigenvalue weighted by Crippen LogP contribution is -2.22. The minimum absolute atomic E-state index is 0.414. The fraction of sp³-hybridized carbons (Fsp3) is 0.818. The Kier molecular flexibility index (Phi) is 4.91. The summed E-state index contributed by atoms with van der Waals surface area (Å²) in [4.78, 5) is 0. The molecule has 1 aliphatic rings. The zero-order chi connectivity index (χ0) is 9.52. The van der Waals surface area contributed by atoms with Crippen LogP contribution >= 0.6 is 0 Å². The van der Waals surface area contributed by atoms with Crippen molar-refractivity contribution in [2.24, 2.45) is 5.92 Å². The fourth-order valence-corrected chi connectivity index (χ4v) is 1.04. The minimum atomic E-state index is 0.414. The Balaban J connectivity index is 1.90. The van der Waals surface area contributed by atoms with Gasteiger partial charge in [-0.25, -0.2) is 0 Å². The van der Waals surface area contributed by atoms with Crippen LogP contribution < -0.4 is 0 Å². The smallest absolute Gasteiger partial charge is 0.188 e. The lowest BCUT2D eigenvalue weighted by molar-refractivity contribution is -0.0846. The molecule has 76 valence electrons. The SMILES string of the molecule is CCC(C)C=COCOC1CCC1. The van der Waals surface area contributed by atoms with Gasteiger partial charge in [0.05, 0.1) is 12.4 Å². The zero-order valence-electron chi connectivity index (χ0n) is 8.66.